The minimum atomic E-state index is -4.95. The summed E-state index contributed by atoms with van der Waals surface area (Å²) >= 11 is 6.03. The molecule has 7 nitrogen and oxygen atoms in total. The van der Waals surface area contributed by atoms with E-state index in [-0.39, 0.29) is 24.5 Å². The topological polar surface area (TPSA) is 86.0 Å². The Labute approximate surface area is 208 Å². The fourth-order valence-corrected chi connectivity index (χ4v) is 4.78. The number of amides is 2. The van der Waals surface area contributed by atoms with Gasteiger partial charge in [0.05, 0.1) is 24.8 Å². The lowest BCUT2D eigenvalue weighted by Crippen LogP contribution is -2.70. The summed E-state index contributed by atoms with van der Waals surface area (Å²) in [4.78, 5) is 16.4. The minimum absolute atomic E-state index is 0.00741. The lowest BCUT2D eigenvalue weighted by Gasteiger charge is -2.51. The Morgan fingerprint density at radius 3 is 2.17 bits per heavy atom. The second-order valence-corrected chi connectivity index (χ2v) is 8.80. The molecule has 1 N–H and O–H groups in total. The van der Waals surface area contributed by atoms with Gasteiger partial charge in [0.15, 0.2) is 0 Å². The number of alkyl halides is 3. The van der Waals surface area contributed by atoms with Crippen molar-refractivity contribution in [2.24, 2.45) is 0 Å². The Bertz CT molecular complexity index is 1350. The first-order valence-electron chi connectivity index (χ1n) is 10.7. The van der Waals surface area contributed by atoms with E-state index in [4.69, 9.17) is 21.6 Å². The van der Waals surface area contributed by atoms with Gasteiger partial charge < -0.3 is 14.6 Å². The van der Waals surface area contributed by atoms with Crippen molar-refractivity contribution in [3.8, 4) is 11.8 Å². The van der Waals surface area contributed by atoms with E-state index in [0.29, 0.717) is 16.3 Å². The van der Waals surface area contributed by atoms with Crippen LogP contribution in [0.25, 0.3) is 0 Å². The van der Waals surface area contributed by atoms with Gasteiger partial charge in [-0.2, -0.15) is 5.26 Å². The van der Waals surface area contributed by atoms with E-state index in [1.165, 1.54) is 53.4 Å². The van der Waals surface area contributed by atoms with Gasteiger partial charge in [-0.25, -0.2) is 4.79 Å². The summed E-state index contributed by atoms with van der Waals surface area (Å²) in [5, 5.41) is 21.9. The maximum Gasteiger partial charge on any atom is 0.573 e. The number of hydrogen-bond donors (Lipinski definition) is 1. The summed E-state index contributed by atoms with van der Waals surface area (Å²) in [5.74, 6) is -0.552. The first kappa shape index (κ1) is 23.9. The molecule has 1 atom stereocenters. The Balaban J connectivity index is 1.72. The zero-order valence-electron chi connectivity index (χ0n) is 18.4. The van der Waals surface area contributed by atoms with Crippen molar-refractivity contribution < 1.29 is 32.5 Å². The third-order valence-corrected chi connectivity index (χ3v) is 6.53. The van der Waals surface area contributed by atoms with Crippen molar-refractivity contribution in [1.29, 1.82) is 5.26 Å². The van der Waals surface area contributed by atoms with Crippen molar-refractivity contribution in [2.75, 3.05) is 23.0 Å². The monoisotopic (exact) mass is 515 g/mol. The van der Waals surface area contributed by atoms with Crippen LogP contribution in [-0.2, 0) is 10.5 Å². The van der Waals surface area contributed by atoms with Crippen LogP contribution in [0.4, 0.5) is 29.3 Å². The molecule has 2 amide bonds. The molecule has 2 aliphatic rings. The van der Waals surface area contributed by atoms with Crippen LogP contribution in [-0.4, -0.2) is 36.3 Å². The second-order valence-electron chi connectivity index (χ2n) is 8.36. The number of rotatable bonds is 4. The predicted molar refractivity (Wildman–Crippen MR) is 124 cm³/mol. The van der Waals surface area contributed by atoms with Gasteiger partial charge in [0.25, 0.3) is 0 Å². The number of halogens is 4. The molecule has 1 spiro atoms. The van der Waals surface area contributed by atoms with E-state index < -0.39 is 29.4 Å². The molecule has 2 heterocycles. The van der Waals surface area contributed by atoms with Crippen LogP contribution in [0.5, 0.6) is 5.75 Å². The van der Waals surface area contributed by atoms with Gasteiger partial charge in [-0.3, -0.25) is 9.80 Å². The standard InChI is InChI=1S/C25H17ClF3N3O4/c26-18-6-10-20(11-7-18)32-22(33)31(19-8-4-16(13-30)5-9-19)23(14-35-15-23)24(32,34)17-2-1-3-21(12-17)36-25(27,28)29/h1-12,34H,14-15H2. The minimum Gasteiger partial charge on any atom is -0.406 e. The first-order valence-corrected chi connectivity index (χ1v) is 11.0. The van der Waals surface area contributed by atoms with E-state index in [1.54, 1.807) is 12.1 Å². The van der Waals surface area contributed by atoms with Crippen LogP contribution in [0.3, 0.4) is 0 Å². The van der Waals surface area contributed by atoms with Gasteiger partial charge in [0.2, 0.25) is 5.72 Å². The van der Waals surface area contributed by atoms with Crippen molar-refractivity contribution in [3.63, 3.8) is 0 Å². The lowest BCUT2D eigenvalue weighted by atomic mass is 9.78. The predicted octanol–water partition coefficient (Wildman–Crippen LogP) is 5.17. The highest BCUT2D eigenvalue weighted by Crippen LogP contribution is 2.54. The average molecular weight is 516 g/mol. The fraction of sp³-hybridized carbons (Fsp3) is 0.200. The van der Waals surface area contributed by atoms with Gasteiger partial charge in [-0.1, -0.05) is 23.7 Å². The smallest absolute Gasteiger partial charge is 0.406 e. The molecule has 0 bridgehead atoms. The number of aliphatic hydroxyl groups is 1. The Kier molecular flexibility index (Phi) is 5.59. The first-order chi connectivity index (χ1) is 17.1. The van der Waals surface area contributed by atoms with E-state index >= 15 is 0 Å². The number of carbonyl (C=O) groups excluding carboxylic acids is 1. The van der Waals surface area contributed by atoms with Crippen molar-refractivity contribution in [1.82, 2.24) is 0 Å². The number of benzene rings is 3. The van der Waals surface area contributed by atoms with Crippen molar-refractivity contribution >= 4 is 29.0 Å². The maximum absolute atomic E-state index is 14.0. The quantitative estimate of drug-likeness (QED) is 0.518. The summed E-state index contributed by atoms with van der Waals surface area (Å²) in [7, 11) is 0. The Hall–Kier alpha value is -3.78. The molecule has 2 fully saturated rings. The number of anilines is 2. The second kappa shape index (κ2) is 8.41. The highest BCUT2D eigenvalue weighted by Gasteiger charge is 2.72. The molecule has 5 rings (SSSR count). The number of nitriles is 1. The van der Waals surface area contributed by atoms with Gasteiger partial charge in [0.1, 0.15) is 11.3 Å². The van der Waals surface area contributed by atoms with Crippen LogP contribution < -0.4 is 14.5 Å². The summed E-state index contributed by atoms with van der Waals surface area (Å²) in [5.41, 5.74) is -2.58. The normalized spacial score (nSPS) is 20.8. The number of ether oxygens (including phenoxy) is 2. The molecule has 0 radical (unpaired) electrons. The zero-order chi connectivity index (χ0) is 25.7. The molecule has 3 aromatic carbocycles. The highest BCUT2D eigenvalue weighted by molar-refractivity contribution is 6.30. The molecule has 0 saturated carbocycles. The SMILES string of the molecule is N#Cc1ccc(N2C(=O)N(c3ccc(Cl)cc3)C(O)(c3cccc(OC(F)(F)F)c3)C23COC3)cc1. The zero-order valence-corrected chi connectivity index (χ0v) is 19.1. The number of urea groups is 1. The summed E-state index contributed by atoms with van der Waals surface area (Å²) in [6.07, 6.45) is -4.95. The van der Waals surface area contributed by atoms with E-state index in [1.807, 2.05) is 6.07 Å². The van der Waals surface area contributed by atoms with Crippen LogP contribution >= 0.6 is 11.6 Å². The van der Waals surface area contributed by atoms with E-state index in [0.717, 1.165) is 17.0 Å². The van der Waals surface area contributed by atoms with Crippen LogP contribution in [0.2, 0.25) is 5.02 Å². The van der Waals surface area contributed by atoms with Gasteiger partial charge >= 0.3 is 12.4 Å². The highest BCUT2D eigenvalue weighted by atomic mass is 35.5. The Morgan fingerprint density at radius 1 is 1.00 bits per heavy atom. The molecule has 184 valence electrons. The van der Waals surface area contributed by atoms with Crippen LogP contribution in [0.15, 0.2) is 72.8 Å². The molecule has 1 unspecified atom stereocenters. The average Bonchev–Trinajstić information content (AvgIpc) is 3.03. The number of carbonyl (C=O) groups is 1. The van der Waals surface area contributed by atoms with E-state index in [2.05, 4.69) is 4.74 Å². The van der Waals surface area contributed by atoms with Gasteiger partial charge in [0, 0.05) is 22.0 Å². The molecular formula is C25H17ClF3N3O4. The molecule has 11 heteroatoms. The van der Waals surface area contributed by atoms with Crippen molar-refractivity contribution in [2.45, 2.75) is 17.6 Å². The molecule has 3 aromatic rings. The fourth-order valence-electron chi connectivity index (χ4n) is 4.65. The summed E-state index contributed by atoms with van der Waals surface area (Å²) in [6.45, 7) is -0.215. The largest absolute Gasteiger partial charge is 0.573 e. The lowest BCUT2D eigenvalue weighted by molar-refractivity contribution is -0.274. The van der Waals surface area contributed by atoms with E-state index in [9.17, 15) is 23.1 Å². The maximum atomic E-state index is 14.0. The third-order valence-electron chi connectivity index (χ3n) is 6.27. The van der Waals surface area contributed by atoms with Crippen molar-refractivity contribution in [3.05, 3.63) is 88.9 Å². The third kappa shape index (κ3) is 3.64. The number of hydrogen-bond acceptors (Lipinski definition) is 5. The molecule has 0 aromatic heterocycles. The van der Waals surface area contributed by atoms with Crippen LogP contribution in [0.1, 0.15) is 11.1 Å². The Morgan fingerprint density at radius 2 is 1.61 bits per heavy atom. The molecule has 2 saturated heterocycles. The van der Waals surface area contributed by atoms with Gasteiger partial charge in [-0.05, 0) is 60.7 Å². The summed E-state index contributed by atoms with van der Waals surface area (Å²) < 4.78 is 48.4. The number of nitrogens with zero attached hydrogens (tertiary/aromatic N) is 3. The molecule has 2 aliphatic heterocycles. The van der Waals surface area contributed by atoms with Gasteiger partial charge in [-0.15, -0.1) is 13.2 Å². The summed E-state index contributed by atoms with van der Waals surface area (Å²) in [6, 6.07) is 18.5. The molecule has 0 aliphatic carbocycles. The van der Waals surface area contributed by atoms with Crippen LogP contribution in [0, 0.1) is 11.3 Å². The molecular weight excluding hydrogens is 499 g/mol. The molecule has 36 heavy (non-hydrogen) atoms.